The lowest BCUT2D eigenvalue weighted by molar-refractivity contribution is -0.115. The van der Waals surface area contributed by atoms with Crippen LogP contribution in [-0.4, -0.2) is 30.7 Å². The number of aliphatic hydroxyl groups is 1. The van der Waals surface area contributed by atoms with Gasteiger partial charge < -0.3 is 15.2 Å². The summed E-state index contributed by atoms with van der Waals surface area (Å²) in [6.07, 6.45) is -3.03. The van der Waals surface area contributed by atoms with E-state index in [1.165, 1.54) is 0 Å². The van der Waals surface area contributed by atoms with Crippen LogP contribution < -0.4 is 5.32 Å². The number of nitrogens with one attached hydrogen (secondary N) is 1. The highest BCUT2D eigenvalue weighted by Crippen LogP contribution is 2.33. The van der Waals surface area contributed by atoms with E-state index < -0.39 is 19.1 Å². The molecule has 0 saturated heterocycles. The zero-order chi connectivity index (χ0) is 14.7. The Balaban J connectivity index is 1.98. The zero-order valence-corrected chi connectivity index (χ0v) is 11.3. The van der Waals surface area contributed by atoms with Crippen molar-refractivity contribution in [3.05, 3.63) is 28.3 Å². The fraction of sp³-hybridized carbons (Fsp3) is 0.462. The summed E-state index contributed by atoms with van der Waals surface area (Å²) in [5.41, 5.74) is 1.88. The second-order valence-corrected chi connectivity index (χ2v) is 4.93. The molecule has 0 fully saturated rings. The van der Waals surface area contributed by atoms with E-state index in [0.29, 0.717) is 16.3 Å². The minimum Gasteiger partial charge on any atom is -0.388 e. The second kappa shape index (κ2) is 6.47. The van der Waals surface area contributed by atoms with Gasteiger partial charge in [-0.2, -0.15) is 0 Å². The number of hydrogen-bond donors (Lipinski definition) is 2. The molecule has 1 atom stereocenters. The van der Waals surface area contributed by atoms with Crippen molar-refractivity contribution < 1.29 is 23.4 Å². The van der Waals surface area contributed by atoms with Gasteiger partial charge >= 0.3 is 0 Å². The first-order valence-corrected chi connectivity index (χ1v) is 6.51. The number of carbonyl (C=O) groups is 1. The van der Waals surface area contributed by atoms with E-state index in [2.05, 4.69) is 5.32 Å². The molecule has 2 rings (SSSR count). The Morgan fingerprint density at radius 3 is 2.90 bits per heavy atom. The minimum atomic E-state index is -2.52. The van der Waals surface area contributed by atoms with Crippen LogP contribution in [0.25, 0.3) is 0 Å². The maximum Gasteiger partial charge on any atom is 0.261 e. The fourth-order valence-electron chi connectivity index (χ4n) is 2.05. The number of benzene rings is 1. The number of hydrogen-bond acceptors (Lipinski definition) is 3. The molecular weight excluding hydrogens is 292 g/mol. The van der Waals surface area contributed by atoms with Crippen LogP contribution in [-0.2, 0) is 16.0 Å². The number of fused-ring (bicyclic) bond motifs is 1. The van der Waals surface area contributed by atoms with Crippen LogP contribution in [0.2, 0.25) is 5.02 Å². The van der Waals surface area contributed by atoms with Crippen molar-refractivity contribution in [3.63, 3.8) is 0 Å². The second-order valence-electron chi connectivity index (χ2n) is 4.53. The van der Waals surface area contributed by atoms with Crippen molar-refractivity contribution >= 4 is 23.2 Å². The molecule has 20 heavy (non-hydrogen) atoms. The average molecular weight is 306 g/mol. The van der Waals surface area contributed by atoms with Gasteiger partial charge in [-0.25, -0.2) is 8.78 Å². The number of halogens is 3. The van der Waals surface area contributed by atoms with Gasteiger partial charge in [-0.1, -0.05) is 11.6 Å². The highest BCUT2D eigenvalue weighted by atomic mass is 35.5. The van der Waals surface area contributed by atoms with Gasteiger partial charge in [-0.15, -0.1) is 0 Å². The number of ether oxygens (including phenoxy) is 1. The van der Waals surface area contributed by atoms with Crippen LogP contribution in [0.1, 0.15) is 23.7 Å². The largest absolute Gasteiger partial charge is 0.388 e. The van der Waals surface area contributed by atoms with E-state index in [4.69, 9.17) is 16.3 Å². The van der Waals surface area contributed by atoms with E-state index in [9.17, 15) is 18.7 Å². The van der Waals surface area contributed by atoms with E-state index in [1.807, 2.05) is 0 Å². The molecule has 0 radical (unpaired) electrons. The quantitative estimate of drug-likeness (QED) is 0.794. The predicted octanol–water partition coefficient (Wildman–Crippen LogP) is 2.54. The molecule has 0 spiro atoms. The number of anilines is 1. The van der Waals surface area contributed by atoms with Gasteiger partial charge in [0.2, 0.25) is 5.91 Å². The van der Waals surface area contributed by atoms with Crippen molar-refractivity contribution in [3.8, 4) is 0 Å². The third kappa shape index (κ3) is 3.65. The molecule has 7 heteroatoms. The lowest BCUT2D eigenvalue weighted by Gasteiger charge is -2.14. The maximum absolute atomic E-state index is 11.9. The van der Waals surface area contributed by atoms with Crippen LogP contribution in [0.4, 0.5) is 14.5 Å². The summed E-state index contributed by atoms with van der Waals surface area (Å²) in [5, 5.41) is 13.0. The smallest absolute Gasteiger partial charge is 0.261 e. The van der Waals surface area contributed by atoms with Gasteiger partial charge in [0.25, 0.3) is 6.43 Å². The van der Waals surface area contributed by atoms with Gasteiger partial charge in [0, 0.05) is 23.7 Å². The third-order valence-corrected chi connectivity index (χ3v) is 3.31. The summed E-state index contributed by atoms with van der Waals surface area (Å²) in [5.74, 6) is -0.122. The summed E-state index contributed by atoms with van der Waals surface area (Å²) in [4.78, 5) is 11.3. The number of rotatable bonds is 6. The van der Waals surface area contributed by atoms with Gasteiger partial charge in [0.15, 0.2) is 0 Å². The average Bonchev–Trinajstić information content (AvgIpc) is 2.72. The lowest BCUT2D eigenvalue weighted by Crippen LogP contribution is -2.09. The molecule has 1 aliphatic heterocycles. The molecule has 1 amide bonds. The molecule has 110 valence electrons. The fourth-order valence-corrected chi connectivity index (χ4v) is 2.34. The van der Waals surface area contributed by atoms with E-state index >= 15 is 0 Å². The highest BCUT2D eigenvalue weighted by Gasteiger charge is 2.22. The molecule has 2 N–H and O–H groups in total. The summed E-state index contributed by atoms with van der Waals surface area (Å²) >= 11 is 6.04. The highest BCUT2D eigenvalue weighted by molar-refractivity contribution is 6.32. The molecule has 0 bridgehead atoms. The molecule has 0 aromatic heterocycles. The molecule has 1 aromatic carbocycles. The Morgan fingerprint density at radius 2 is 2.20 bits per heavy atom. The zero-order valence-electron chi connectivity index (χ0n) is 10.5. The third-order valence-electron chi connectivity index (χ3n) is 2.99. The van der Waals surface area contributed by atoms with Crippen molar-refractivity contribution in [1.82, 2.24) is 0 Å². The molecule has 1 heterocycles. The van der Waals surface area contributed by atoms with E-state index in [-0.39, 0.29) is 25.4 Å². The molecule has 4 nitrogen and oxygen atoms in total. The van der Waals surface area contributed by atoms with Crippen LogP contribution in [0.3, 0.4) is 0 Å². The van der Waals surface area contributed by atoms with Crippen LogP contribution >= 0.6 is 11.6 Å². The van der Waals surface area contributed by atoms with Crippen LogP contribution in [0.15, 0.2) is 12.1 Å². The van der Waals surface area contributed by atoms with Crippen molar-refractivity contribution in [1.29, 1.82) is 0 Å². The maximum atomic E-state index is 11.9. The number of aliphatic hydroxyl groups excluding tert-OH is 1. The summed E-state index contributed by atoms with van der Waals surface area (Å²) in [6.45, 7) is -0.640. The SMILES string of the molecule is O=C1Cc2cc(C(O)CCOCC(F)F)c(Cl)cc2N1. The minimum absolute atomic E-state index is 0.0100. The van der Waals surface area contributed by atoms with Crippen molar-refractivity contribution in [2.24, 2.45) is 0 Å². The lowest BCUT2D eigenvalue weighted by atomic mass is 10.0. The van der Waals surface area contributed by atoms with Crippen LogP contribution in [0, 0.1) is 0 Å². The Morgan fingerprint density at radius 1 is 1.45 bits per heavy atom. The van der Waals surface area contributed by atoms with Gasteiger partial charge in [-0.3, -0.25) is 4.79 Å². The van der Waals surface area contributed by atoms with E-state index in [0.717, 1.165) is 5.56 Å². The standard InChI is InChI=1S/C13H14ClF2NO3/c14-9-5-10-7(4-13(19)17-10)3-8(9)11(18)1-2-20-6-12(15)16/h3,5,11-12,18H,1-2,4,6H2,(H,17,19). The number of carbonyl (C=O) groups excluding carboxylic acids is 1. The summed E-state index contributed by atoms with van der Waals surface area (Å²) in [6, 6.07) is 3.24. The molecule has 1 aliphatic rings. The van der Waals surface area contributed by atoms with E-state index in [1.54, 1.807) is 12.1 Å². The molecule has 0 saturated carbocycles. The summed E-state index contributed by atoms with van der Waals surface area (Å²) in [7, 11) is 0. The predicted molar refractivity (Wildman–Crippen MR) is 70.2 cm³/mol. The first-order valence-electron chi connectivity index (χ1n) is 6.13. The van der Waals surface area contributed by atoms with Gasteiger partial charge in [0.1, 0.15) is 6.61 Å². The number of alkyl halides is 2. The monoisotopic (exact) mass is 305 g/mol. The Bertz CT molecular complexity index is 511. The first kappa shape index (κ1) is 15.2. The van der Waals surface area contributed by atoms with Crippen LogP contribution in [0.5, 0.6) is 0 Å². The Kier molecular flexibility index (Phi) is 4.91. The first-order chi connectivity index (χ1) is 9.47. The van der Waals surface area contributed by atoms with Gasteiger partial charge in [-0.05, 0) is 23.3 Å². The van der Waals surface area contributed by atoms with Crippen molar-refractivity contribution in [2.45, 2.75) is 25.4 Å². The normalized spacial score (nSPS) is 15.3. The Labute approximate surface area is 119 Å². The molecule has 1 unspecified atom stereocenters. The molecule has 0 aliphatic carbocycles. The van der Waals surface area contributed by atoms with Gasteiger partial charge in [0.05, 0.1) is 12.5 Å². The molecule has 1 aromatic rings. The van der Waals surface area contributed by atoms with Crippen molar-refractivity contribution in [2.75, 3.05) is 18.5 Å². The topological polar surface area (TPSA) is 58.6 Å². The Hall–Kier alpha value is -1.24. The number of amides is 1. The summed E-state index contributed by atoms with van der Waals surface area (Å²) < 4.78 is 28.5. The molecular formula is C13H14ClF2NO3.